The molecule has 4 aliphatic rings. The summed E-state index contributed by atoms with van der Waals surface area (Å²) in [6, 6.07) is 9.64. The third-order valence-corrected chi connectivity index (χ3v) is 9.73. The van der Waals surface area contributed by atoms with Gasteiger partial charge in [0.2, 0.25) is 5.91 Å². The molecule has 3 aliphatic heterocycles. The Labute approximate surface area is 254 Å². The van der Waals surface area contributed by atoms with E-state index < -0.39 is 0 Å². The van der Waals surface area contributed by atoms with E-state index in [-0.39, 0.29) is 18.4 Å². The van der Waals surface area contributed by atoms with Gasteiger partial charge in [-0.3, -0.25) is 4.79 Å². The predicted molar refractivity (Wildman–Crippen MR) is 166 cm³/mol. The summed E-state index contributed by atoms with van der Waals surface area (Å²) in [6.45, 7) is 8.06. The summed E-state index contributed by atoms with van der Waals surface area (Å²) in [7, 11) is 3.87. The van der Waals surface area contributed by atoms with E-state index in [0.29, 0.717) is 44.3 Å². The Morgan fingerprint density at radius 2 is 2.02 bits per heavy atom. The van der Waals surface area contributed by atoms with Gasteiger partial charge in [-0.25, -0.2) is 0 Å². The molecule has 6 rings (SSSR count). The third-order valence-electron chi connectivity index (χ3n) is 9.73. The zero-order chi connectivity index (χ0) is 29.9. The predicted octanol–water partition coefficient (Wildman–Crippen LogP) is 3.39. The van der Waals surface area contributed by atoms with Crippen LogP contribution < -0.4 is 19.3 Å². The number of amides is 1. The third kappa shape index (κ3) is 6.00. The van der Waals surface area contributed by atoms with Crippen molar-refractivity contribution in [2.24, 2.45) is 0 Å². The van der Waals surface area contributed by atoms with Crippen LogP contribution >= 0.6 is 0 Å². The van der Waals surface area contributed by atoms with Crippen LogP contribution in [0.2, 0.25) is 0 Å². The fraction of sp³-hybridized carbons (Fsp3) is 0.576. The molecule has 1 amide bonds. The fourth-order valence-corrected chi connectivity index (χ4v) is 7.35. The van der Waals surface area contributed by atoms with Crippen molar-refractivity contribution in [3.05, 3.63) is 47.7 Å². The Balaban J connectivity index is 1.29. The van der Waals surface area contributed by atoms with E-state index in [2.05, 4.69) is 52.6 Å². The van der Waals surface area contributed by atoms with E-state index in [1.54, 1.807) is 12.0 Å². The standard InChI is InChI=1S/C33H43N7O3/c1-4-31(41)40-18-17-38(21-25(40)13-14-34)32-28-11-9-24(39-16-5-7-23-19-27(42-3)10-12-30(23)39)20-29(28)35-33(36-32)43-22-26-8-6-15-37(26)2/h4,10,12,19,24-26H,1,5-9,11,13,15-18,20-22H2,2-3H3. The maximum atomic E-state index is 12.5. The van der Waals surface area contributed by atoms with Crippen molar-refractivity contribution in [2.75, 3.05) is 63.3 Å². The lowest BCUT2D eigenvalue weighted by atomic mass is 9.88. The summed E-state index contributed by atoms with van der Waals surface area (Å²) < 4.78 is 11.8. The molecule has 3 unspecified atom stereocenters. The van der Waals surface area contributed by atoms with Crippen molar-refractivity contribution in [2.45, 2.75) is 69.5 Å². The second-order valence-electron chi connectivity index (χ2n) is 12.2. The average Bonchev–Trinajstić information content (AvgIpc) is 3.46. The number of carbonyl (C=O) groups is 1. The van der Waals surface area contributed by atoms with Gasteiger partial charge in [0.1, 0.15) is 18.2 Å². The van der Waals surface area contributed by atoms with Crippen molar-refractivity contribution in [1.82, 2.24) is 19.8 Å². The lowest BCUT2D eigenvalue weighted by Gasteiger charge is -2.43. The van der Waals surface area contributed by atoms with Gasteiger partial charge in [0.05, 0.1) is 31.3 Å². The Kier molecular flexibility index (Phi) is 8.70. The first kappa shape index (κ1) is 29.2. The largest absolute Gasteiger partial charge is 0.497 e. The number of hydrogen-bond donors (Lipinski definition) is 0. The lowest BCUT2D eigenvalue weighted by Crippen LogP contribution is -2.55. The van der Waals surface area contributed by atoms with Gasteiger partial charge in [-0.15, -0.1) is 0 Å². The van der Waals surface area contributed by atoms with E-state index in [9.17, 15) is 10.1 Å². The zero-order valence-corrected chi connectivity index (χ0v) is 25.5. The molecular formula is C33H43N7O3. The van der Waals surface area contributed by atoms with Crippen LogP contribution in [0.4, 0.5) is 11.5 Å². The SMILES string of the molecule is C=CC(=O)N1CCN(c2nc(OCC3CCCN3C)nc3c2CCC(N2CCCc4cc(OC)ccc42)C3)CC1CC#N. The number of likely N-dealkylation sites (tertiary alicyclic amines) is 1. The molecule has 2 fully saturated rings. The van der Waals surface area contributed by atoms with E-state index in [4.69, 9.17) is 19.4 Å². The molecular weight excluding hydrogens is 542 g/mol. The number of nitriles is 1. The Morgan fingerprint density at radius 1 is 1.14 bits per heavy atom. The number of fused-ring (bicyclic) bond motifs is 2. The molecule has 228 valence electrons. The molecule has 10 nitrogen and oxygen atoms in total. The highest BCUT2D eigenvalue weighted by Crippen LogP contribution is 2.38. The minimum Gasteiger partial charge on any atom is -0.497 e. The maximum absolute atomic E-state index is 12.5. The summed E-state index contributed by atoms with van der Waals surface area (Å²) in [4.78, 5) is 31.5. The molecule has 1 aliphatic carbocycles. The summed E-state index contributed by atoms with van der Waals surface area (Å²) in [5.74, 6) is 1.68. The molecule has 10 heteroatoms. The number of carbonyl (C=O) groups excluding carboxylic acids is 1. The van der Waals surface area contributed by atoms with Gasteiger partial charge in [-0.1, -0.05) is 6.58 Å². The summed E-state index contributed by atoms with van der Waals surface area (Å²) in [5, 5.41) is 9.54. The van der Waals surface area contributed by atoms with Gasteiger partial charge in [-0.05, 0) is 82.0 Å². The van der Waals surface area contributed by atoms with Crippen LogP contribution in [0.15, 0.2) is 30.9 Å². The summed E-state index contributed by atoms with van der Waals surface area (Å²) >= 11 is 0. The molecule has 0 bridgehead atoms. The van der Waals surface area contributed by atoms with E-state index in [0.717, 1.165) is 68.9 Å². The molecule has 3 atom stereocenters. The highest BCUT2D eigenvalue weighted by molar-refractivity contribution is 5.87. The van der Waals surface area contributed by atoms with Crippen molar-refractivity contribution in [3.63, 3.8) is 0 Å². The minimum atomic E-state index is -0.218. The Morgan fingerprint density at radius 3 is 2.79 bits per heavy atom. The number of aromatic nitrogens is 2. The fourth-order valence-electron chi connectivity index (χ4n) is 7.35. The van der Waals surface area contributed by atoms with E-state index in [1.807, 2.05) is 0 Å². The number of nitrogens with zero attached hydrogens (tertiary/aromatic N) is 7. The van der Waals surface area contributed by atoms with Crippen molar-refractivity contribution in [3.8, 4) is 17.8 Å². The molecule has 43 heavy (non-hydrogen) atoms. The van der Waals surface area contributed by atoms with Crippen LogP contribution in [0, 0.1) is 11.3 Å². The van der Waals surface area contributed by atoms with Crippen LogP contribution in [-0.4, -0.2) is 97.3 Å². The van der Waals surface area contributed by atoms with Gasteiger partial charge in [-0.2, -0.15) is 15.2 Å². The summed E-state index contributed by atoms with van der Waals surface area (Å²) in [5.41, 5.74) is 4.88. The molecule has 1 aromatic carbocycles. The van der Waals surface area contributed by atoms with Crippen molar-refractivity contribution in [1.29, 1.82) is 5.26 Å². The number of anilines is 2. The van der Waals surface area contributed by atoms with E-state index >= 15 is 0 Å². The highest BCUT2D eigenvalue weighted by atomic mass is 16.5. The monoisotopic (exact) mass is 585 g/mol. The number of ether oxygens (including phenoxy) is 2. The molecule has 1 aromatic heterocycles. The normalized spacial score (nSPS) is 23.7. The first-order valence-electron chi connectivity index (χ1n) is 15.7. The molecule has 0 spiro atoms. The van der Waals surface area contributed by atoms with E-state index in [1.165, 1.54) is 29.3 Å². The number of benzene rings is 1. The second-order valence-corrected chi connectivity index (χ2v) is 12.2. The molecule has 2 aromatic rings. The van der Waals surface area contributed by atoms with Crippen LogP contribution in [0.25, 0.3) is 0 Å². The number of likely N-dealkylation sites (N-methyl/N-ethyl adjacent to an activating group) is 1. The maximum Gasteiger partial charge on any atom is 0.318 e. The van der Waals surface area contributed by atoms with Crippen molar-refractivity contribution >= 4 is 17.4 Å². The van der Waals surface area contributed by atoms with Crippen LogP contribution in [0.1, 0.15) is 48.9 Å². The molecule has 0 N–H and O–H groups in total. The number of rotatable bonds is 8. The van der Waals surface area contributed by atoms with Gasteiger partial charge in [0, 0.05) is 55.9 Å². The first-order chi connectivity index (χ1) is 21.0. The minimum absolute atomic E-state index is 0.128. The van der Waals surface area contributed by atoms with Gasteiger partial charge in [0.15, 0.2) is 0 Å². The smallest absolute Gasteiger partial charge is 0.318 e. The molecule has 0 saturated carbocycles. The number of piperazine rings is 1. The lowest BCUT2D eigenvalue weighted by molar-refractivity contribution is -0.128. The van der Waals surface area contributed by atoms with Crippen molar-refractivity contribution < 1.29 is 14.3 Å². The zero-order valence-electron chi connectivity index (χ0n) is 25.5. The Bertz CT molecular complexity index is 1390. The topological polar surface area (TPSA) is 98.1 Å². The number of hydrogen-bond acceptors (Lipinski definition) is 9. The summed E-state index contributed by atoms with van der Waals surface area (Å²) in [6.07, 6.45) is 8.80. The van der Waals surface area contributed by atoms with Gasteiger partial charge >= 0.3 is 6.01 Å². The van der Waals surface area contributed by atoms with Crippen LogP contribution in [0.3, 0.4) is 0 Å². The first-order valence-corrected chi connectivity index (χ1v) is 15.7. The number of aryl methyl sites for hydroxylation is 1. The molecule has 4 heterocycles. The molecule has 0 radical (unpaired) electrons. The Hall–Kier alpha value is -3.84. The van der Waals surface area contributed by atoms with Crippen LogP contribution in [-0.2, 0) is 24.1 Å². The quantitative estimate of drug-likeness (QED) is 0.432. The highest BCUT2D eigenvalue weighted by Gasteiger charge is 2.35. The average molecular weight is 586 g/mol. The van der Waals surface area contributed by atoms with Gasteiger partial charge in [0.25, 0.3) is 0 Å². The second kappa shape index (κ2) is 12.8. The molecule has 2 saturated heterocycles. The van der Waals surface area contributed by atoms with Gasteiger partial charge < -0.3 is 29.1 Å². The van der Waals surface area contributed by atoms with Crippen LogP contribution in [0.5, 0.6) is 11.8 Å². The number of methoxy groups -OCH3 is 1.